The highest BCUT2D eigenvalue weighted by Gasteiger charge is 2.36. The van der Waals surface area contributed by atoms with E-state index >= 15 is 0 Å². The van der Waals surface area contributed by atoms with Crippen molar-refractivity contribution in [2.24, 2.45) is 11.8 Å². The van der Waals surface area contributed by atoms with Crippen molar-refractivity contribution in [1.82, 2.24) is 9.55 Å². The molecule has 3 atom stereocenters. The number of aromatic nitrogens is 2. The van der Waals surface area contributed by atoms with Crippen molar-refractivity contribution in [1.29, 1.82) is 0 Å². The van der Waals surface area contributed by atoms with Crippen molar-refractivity contribution in [2.45, 2.75) is 25.5 Å². The van der Waals surface area contributed by atoms with Crippen LogP contribution in [0.1, 0.15) is 34.9 Å². The van der Waals surface area contributed by atoms with E-state index in [1.165, 1.54) is 6.42 Å². The van der Waals surface area contributed by atoms with E-state index in [9.17, 15) is 4.79 Å². The van der Waals surface area contributed by atoms with E-state index in [0.29, 0.717) is 23.6 Å². The summed E-state index contributed by atoms with van der Waals surface area (Å²) in [5, 5.41) is 0. The predicted molar refractivity (Wildman–Crippen MR) is 82.2 cm³/mol. The minimum absolute atomic E-state index is 0.281. The van der Waals surface area contributed by atoms with E-state index in [1.807, 2.05) is 36.5 Å². The fraction of sp³-hybridized carbons (Fsp3) is 0.333. The molecule has 0 spiro atoms. The van der Waals surface area contributed by atoms with E-state index in [2.05, 4.69) is 21.7 Å². The summed E-state index contributed by atoms with van der Waals surface area (Å²) in [6.45, 7) is 0.281. The van der Waals surface area contributed by atoms with Crippen molar-refractivity contribution in [3.8, 4) is 0 Å². The van der Waals surface area contributed by atoms with Gasteiger partial charge in [0.25, 0.3) is 0 Å². The Balaban J connectivity index is 1.41. The smallest absolute Gasteiger partial charge is 0.358 e. The lowest BCUT2D eigenvalue weighted by Crippen LogP contribution is -2.12. The Morgan fingerprint density at radius 3 is 2.82 bits per heavy atom. The lowest BCUT2D eigenvalue weighted by atomic mass is 10.0. The van der Waals surface area contributed by atoms with Gasteiger partial charge in [0.1, 0.15) is 6.61 Å². The number of fused-ring (bicyclic) bond motifs is 2. The molecular weight excluding hydrogens is 276 g/mol. The van der Waals surface area contributed by atoms with Crippen LogP contribution in [0.5, 0.6) is 0 Å². The summed E-state index contributed by atoms with van der Waals surface area (Å²) in [5.41, 5.74) is 1.37. The highest BCUT2D eigenvalue weighted by atomic mass is 16.5. The molecule has 4 heteroatoms. The maximum absolute atomic E-state index is 12.1. The molecule has 2 bridgehead atoms. The van der Waals surface area contributed by atoms with Gasteiger partial charge in [-0.1, -0.05) is 42.5 Å². The molecule has 4 nitrogen and oxygen atoms in total. The summed E-state index contributed by atoms with van der Waals surface area (Å²) in [6.07, 6.45) is 10.6. The summed E-state index contributed by atoms with van der Waals surface area (Å²) in [7, 11) is 0. The molecule has 22 heavy (non-hydrogen) atoms. The van der Waals surface area contributed by atoms with E-state index in [0.717, 1.165) is 12.0 Å². The average molecular weight is 294 g/mol. The van der Waals surface area contributed by atoms with Crippen LogP contribution in [0.25, 0.3) is 0 Å². The Morgan fingerprint density at radius 1 is 1.23 bits per heavy atom. The van der Waals surface area contributed by atoms with Gasteiger partial charge >= 0.3 is 5.97 Å². The first-order chi connectivity index (χ1) is 10.8. The second-order valence-corrected chi connectivity index (χ2v) is 6.12. The first-order valence-electron chi connectivity index (χ1n) is 7.72. The number of benzene rings is 1. The predicted octanol–water partition coefficient (Wildman–Crippen LogP) is 3.38. The zero-order chi connectivity index (χ0) is 14.9. The standard InChI is InChI=1S/C18H18N2O2/c21-18(22-11-13-4-2-1-3-5-13)16-10-20(12-19-16)17-9-14-6-7-15(17)8-14/h1-7,10,12,14-15,17H,8-9,11H2/t14?,15-,17+/m1/s1. The number of carbonyl (C=O) groups is 1. The summed E-state index contributed by atoms with van der Waals surface area (Å²) in [6, 6.07) is 10.1. The van der Waals surface area contributed by atoms with Crippen LogP contribution in [0.2, 0.25) is 0 Å². The minimum atomic E-state index is -0.360. The summed E-state index contributed by atoms with van der Waals surface area (Å²) >= 11 is 0. The number of hydrogen-bond donors (Lipinski definition) is 0. The van der Waals surface area contributed by atoms with Gasteiger partial charge in [0.15, 0.2) is 5.69 Å². The second-order valence-electron chi connectivity index (χ2n) is 6.12. The molecule has 0 aliphatic heterocycles. The number of rotatable bonds is 4. The van der Waals surface area contributed by atoms with Crippen LogP contribution in [-0.2, 0) is 11.3 Å². The number of hydrogen-bond acceptors (Lipinski definition) is 3. The number of carbonyl (C=O) groups excluding carboxylic acids is 1. The molecule has 4 rings (SSSR count). The molecule has 1 heterocycles. The third-order valence-corrected chi connectivity index (χ3v) is 4.65. The lowest BCUT2D eigenvalue weighted by molar-refractivity contribution is 0.0466. The molecule has 0 saturated heterocycles. The van der Waals surface area contributed by atoms with Gasteiger partial charge in [-0.3, -0.25) is 0 Å². The van der Waals surface area contributed by atoms with Crippen LogP contribution in [0.3, 0.4) is 0 Å². The van der Waals surface area contributed by atoms with Gasteiger partial charge in [-0.15, -0.1) is 0 Å². The van der Waals surface area contributed by atoms with Crippen LogP contribution in [-0.4, -0.2) is 15.5 Å². The Kier molecular flexibility index (Phi) is 3.29. The Bertz CT molecular complexity index is 705. The van der Waals surface area contributed by atoms with E-state index in [1.54, 1.807) is 6.33 Å². The van der Waals surface area contributed by atoms with Crippen LogP contribution >= 0.6 is 0 Å². The SMILES string of the molecule is O=C(OCc1ccccc1)c1cn([C@H]2CC3C=C[C@@H]2C3)cn1. The third-order valence-electron chi connectivity index (χ3n) is 4.65. The summed E-state index contributed by atoms with van der Waals surface area (Å²) in [5.74, 6) is 0.930. The first-order valence-corrected chi connectivity index (χ1v) is 7.72. The minimum Gasteiger partial charge on any atom is -0.456 e. The monoisotopic (exact) mass is 294 g/mol. The van der Waals surface area contributed by atoms with Crippen LogP contribution in [0.15, 0.2) is 55.0 Å². The van der Waals surface area contributed by atoms with Crippen molar-refractivity contribution >= 4 is 5.97 Å². The lowest BCUT2D eigenvalue weighted by Gasteiger charge is -2.19. The Hall–Kier alpha value is -2.36. The van der Waals surface area contributed by atoms with E-state index in [-0.39, 0.29) is 12.6 Å². The highest BCUT2D eigenvalue weighted by molar-refractivity contribution is 5.86. The summed E-state index contributed by atoms with van der Waals surface area (Å²) < 4.78 is 7.40. The Morgan fingerprint density at radius 2 is 2.09 bits per heavy atom. The van der Waals surface area contributed by atoms with Crippen LogP contribution < -0.4 is 0 Å². The summed E-state index contributed by atoms with van der Waals surface area (Å²) in [4.78, 5) is 16.3. The first kappa shape index (κ1) is 13.3. The quantitative estimate of drug-likeness (QED) is 0.641. The number of nitrogens with zero attached hydrogens (tertiary/aromatic N) is 2. The zero-order valence-corrected chi connectivity index (χ0v) is 12.3. The molecule has 0 amide bonds. The molecule has 1 aromatic carbocycles. The fourth-order valence-corrected chi connectivity index (χ4v) is 3.52. The normalized spacial score (nSPS) is 25.5. The Labute approximate surface area is 129 Å². The van der Waals surface area contributed by atoms with Crippen molar-refractivity contribution in [3.63, 3.8) is 0 Å². The molecule has 1 unspecified atom stereocenters. The molecule has 2 aliphatic carbocycles. The van der Waals surface area contributed by atoms with Crippen LogP contribution in [0, 0.1) is 11.8 Å². The van der Waals surface area contributed by atoms with Crippen molar-refractivity contribution < 1.29 is 9.53 Å². The van der Waals surface area contributed by atoms with Crippen molar-refractivity contribution in [2.75, 3.05) is 0 Å². The van der Waals surface area contributed by atoms with Gasteiger partial charge in [0.2, 0.25) is 0 Å². The molecular formula is C18H18N2O2. The van der Waals surface area contributed by atoms with Crippen molar-refractivity contribution in [3.05, 3.63) is 66.3 Å². The van der Waals surface area contributed by atoms with Gasteiger partial charge in [0, 0.05) is 12.2 Å². The van der Waals surface area contributed by atoms with Gasteiger partial charge in [-0.05, 0) is 30.2 Å². The molecule has 2 aromatic rings. The second kappa shape index (κ2) is 5.44. The van der Waals surface area contributed by atoms with E-state index < -0.39 is 0 Å². The maximum atomic E-state index is 12.1. The zero-order valence-electron chi connectivity index (χ0n) is 12.3. The van der Waals surface area contributed by atoms with Gasteiger partial charge < -0.3 is 9.30 Å². The highest BCUT2D eigenvalue weighted by Crippen LogP contribution is 2.46. The number of esters is 1. The van der Waals surface area contributed by atoms with Crippen LogP contribution in [0.4, 0.5) is 0 Å². The molecule has 0 N–H and O–H groups in total. The molecule has 2 aliphatic rings. The molecule has 0 radical (unpaired) electrons. The third kappa shape index (κ3) is 2.45. The van der Waals surface area contributed by atoms with Gasteiger partial charge in [-0.25, -0.2) is 9.78 Å². The van der Waals surface area contributed by atoms with E-state index in [4.69, 9.17) is 4.74 Å². The maximum Gasteiger partial charge on any atom is 0.358 e. The number of ether oxygens (including phenoxy) is 1. The average Bonchev–Trinajstić information content (AvgIpc) is 3.29. The number of allylic oxidation sites excluding steroid dienone is 2. The number of imidazole rings is 1. The molecule has 112 valence electrons. The largest absolute Gasteiger partial charge is 0.456 e. The topological polar surface area (TPSA) is 44.1 Å². The molecule has 1 fully saturated rings. The van der Waals surface area contributed by atoms with Gasteiger partial charge in [-0.2, -0.15) is 0 Å². The fourth-order valence-electron chi connectivity index (χ4n) is 3.52. The van der Waals surface area contributed by atoms with Gasteiger partial charge in [0.05, 0.1) is 6.33 Å². The molecule has 1 saturated carbocycles. The molecule has 1 aromatic heterocycles.